The van der Waals surface area contributed by atoms with Crippen LogP contribution in [0.2, 0.25) is 0 Å². The number of nitrogens with two attached hydrogens (primary N) is 1. The van der Waals surface area contributed by atoms with Crippen LogP contribution in [0.15, 0.2) is 0 Å². The molecule has 0 amide bonds. The van der Waals surface area contributed by atoms with E-state index in [1.165, 1.54) is 24.4 Å². The topological polar surface area (TPSA) is 51.8 Å². The number of rotatable bonds is 3. The lowest BCUT2D eigenvalue weighted by atomic mass is 10.3. The highest BCUT2D eigenvalue weighted by molar-refractivity contribution is 7.05. The number of aromatic nitrogens is 2. The Bertz CT molecular complexity index is 242. The standard InChI is InChI=1S/C7H11N3S/c8-4-7-9-6(10-11-7)3-5-1-2-5/h5H,1-4,8H2. The molecule has 0 atom stereocenters. The highest BCUT2D eigenvalue weighted by Crippen LogP contribution is 2.31. The molecule has 3 nitrogen and oxygen atoms in total. The summed E-state index contributed by atoms with van der Waals surface area (Å²) in [5, 5.41) is 0.959. The number of nitrogens with zero attached hydrogens (tertiary/aromatic N) is 2. The average molecular weight is 169 g/mol. The van der Waals surface area contributed by atoms with Gasteiger partial charge in [0.25, 0.3) is 0 Å². The van der Waals surface area contributed by atoms with Gasteiger partial charge in [0.2, 0.25) is 0 Å². The van der Waals surface area contributed by atoms with Gasteiger partial charge in [-0.2, -0.15) is 4.37 Å². The molecule has 0 aliphatic heterocycles. The maximum Gasteiger partial charge on any atom is 0.142 e. The lowest BCUT2D eigenvalue weighted by Gasteiger charge is -1.87. The van der Waals surface area contributed by atoms with Gasteiger partial charge in [0.1, 0.15) is 10.8 Å². The first-order valence-corrected chi connectivity index (χ1v) is 4.67. The Kier molecular flexibility index (Phi) is 1.87. The van der Waals surface area contributed by atoms with E-state index in [2.05, 4.69) is 9.36 Å². The summed E-state index contributed by atoms with van der Waals surface area (Å²) in [4.78, 5) is 4.29. The molecule has 0 unspecified atom stereocenters. The summed E-state index contributed by atoms with van der Waals surface area (Å²) in [5.41, 5.74) is 5.42. The van der Waals surface area contributed by atoms with Gasteiger partial charge in [-0.05, 0) is 30.3 Å². The second-order valence-electron chi connectivity index (χ2n) is 2.96. The Morgan fingerprint density at radius 1 is 1.55 bits per heavy atom. The van der Waals surface area contributed by atoms with E-state index in [9.17, 15) is 0 Å². The van der Waals surface area contributed by atoms with Crippen LogP contribution in [-0.4, -0.2) is 9.36 Å². The van der Waals surface area contributed by atoms with Gasteiger partial charge in [-0.3, -0.25) is 0 Å². The smallest absolute Gasteiger partial charge is 0.142 e. The predicted molar refractivity (Wildman–Crippen MR) is 44.2 cm³/mol. The third-order valence-corrected chi connectivity index (χ3v) is 2.62. The van der Waals surface area contributed by atoms with Crippen molar-refractivity contribution in [1.29, 1.82) is 0 Å². The van der Waals surface area contributed by atoms with Crippen LogP contribution < -0.4 is 5.73 Å². The molecule has 0 aromatic carbocycles. The minimum atomic E-state index is 0.530. The number of hydrogen-bond donors (Lipinski definition) is 1. The molecule has 0 radical (unpaired) electrons. The van der Waals surface area contributed by atoms with Crippen LogP contribution in [0, 0.1) is 5.92 Å². The molecule has 1 aromatic rings. The van der Waals surface area contributed by atoms with Crippen molar-refractivity contribution in [2.24, 2.45) is 11.7 Å². The Hall–Kier alpha value is -0.480. The van der Waals surface area contributed by atoms with Crippen molar-refractivity contribution in [3.63, 3.8) is 0 Å². The van der Waals surface area contributed by atoms with Crippen molar-refractivity contribution < 1.29 is 0 Å². The van der Waals surface area contributed by atoms with Crippen LogP contribution in [0.25, 0.3) is 0 Å². The molecule has 1 aromatic heterocycles. The van der Waals surface area contributed by atoms with E-state index >= 15 is 0 Å². The SMILES string of the molecule is NCc1nc(CC2CC2)ns1. The Morgan fingerprint density at radius 3 is 2.91 bits per heavy atom. The van der Waals surface area contributed by atoms with Crippen LogP contribution >= 0.6 is 11.5 Å². The van der Waals surface area contributed by atoms with Crippen molar-refractivity contribution in [1.82, 2.24) is 9.36 Å². The summed E-state index contributed by atoms with van der Waals surface area (Å²) in [7, 11) is 0. The van der Waals surface area contributed by atoms with Crippen molar-refractivity contribution in [3.8, 4) is 0 Å². The van der Waals surface area contributed by atoms with Crippen molar-refractivity contribution in [2.75, 3.05) is 0 Å². The average Bonchev–Trinajstić information content (AvgIpc) is 2.68. The van der Waals surface area contributed by atoms with E-state index in [0.29, 0.717) is 6.54 Å². The summed E-state index contributed by atoms with van der Waals surface area (Å²) in [6, 6.07) is 0. The third kappa shape index (κ3) is 1.75. The van der Waals surface area contributed by atoms with Crippen LogP contribution in [0.5, 0.6) is 0 Å². The Balaban J connectivity index is 1.99. The fourth-order valence-corrected chi connectivity index (χ4v) is 1.58. The largest absolute Gasteiger partial charge is 0.324 e. The molecular weight excluding hydrogens is 158 g/mol. The van der Waals surface area contributed by atoms with Gasteiger partial charge < -0.3 is 5.73 Å². The predicted octanol–water partition coefficient (Wildman–Crippen LogP) is 0.949. The first-order chi connectivity index (χ1) is 5.38. The molecule has 0 bridgehead atoms. The van der Waals surface area contributed by atoms with E-state index in [1.54, 1.807) is 0 Å². The first kappa shape index (κ1) is 7.18. The molecular formula is C7H11N3S. The van der Waals surface area contributed by atoms with Crippen LogP contribution in [0.4, 0.5) is 0 Å². The molecule has 0 saturated heterocycles. The quantitative estimate of drug-likeness (QED) is 0.733. The van der Waals surface area contributed by atoms with E-state index < -0.39 is 0 Å². The summed E-state index contributed by atoms with van der Waals surface area (Å²) in [6.07, 6.45) is 3.78. The molecule has 11 heavy (non-hydrogen) atoms. The molecule has 1 heterocycles. The molecule has 60 valence electrons. The van der Waals surface area contributed by atoms with Gasteiger partial charge in [0.15, 0.2) is 0 Å². The van der Waals surface area contributed by atoms with Crippen LogP contribution in [-0.2, 0) is 13.0 Å². The van der Waals surface area contributed by atoms with E-state index in [1.807, 2.05) is 0 Å². The lowest BCUT2D eigenvalue weighted by Crippen LogP contribution is -1.96. The molecule has 1 fully saturated rings. The molecule has 2 N–H and O–H groups in total. The third-order valence-electron chi connectivity index (χ3n) is 1.85. The second-order valence-corrected chi connectivity index (χ2v) is 3.79. The molecule has 4 heteroatoms. The normalized spacial score (nSPS) is 17.2. The zero-order chi connectivity index (χ0) is 7.68. The van der Waals surface area contributed by atoms with E-state index in [0.717, 1.165) is 23.2 Å². The van der Waals surface area contributed by atoms with E-state index in [4.69, 9.17) is 5.73 Å². The highest BCUT2D eigenvalue weighted by Gasteiger charge is 2.23. The molecule has 1 aliphatic rings. The summed E-state index contributed by atoms with van der Waals surface area (Å²) >= 11 is 1.43. The molecule has 1 saturated carbocycles. The zero-order valence-corrected chi connectivity index (χ0v) is 7.10. The maximum atomic E-state index is 5.42. The fraction of sp³-hybridized carbons (Fsp3) is 0.714. The fourth-order valence-electron chi connectivity index (χ4n) is 1.04. The molecule has 2 rings (SSSR count). The van der Waals surface area contributed by atoms with Crippen molar-refractivity contribution in [3.05, 3.63) is 10.8 Å². The second kappa shape index (κ2) is 2.87. The van der Waals surface area contributed by atoms with Gasteiger partial charge in [0.05, 0.1) is 0 Å². The lowest BCUT2D eigenvalue weighted by molar-refractivity contribution is 0.781. The maximum absolute atomic E-state index is 5.42. The molecule has 1 aliphatic carbocycles. The van der Waals surface area contributed by atoms with Gasteiger partial charge in [0, 0.05) is 13.0 Å². The summed E-state index contributed by atoms with van der Waals surface area (Å²) in [6.45, 7) is 0.530. The number of hydrogen-bond acceptors (Lipinski definition) is 4. The first-order valence-electron chi connectivity index (χ1n) is 3.90. The Morgan fingerprint density at radius 2 is 2.36 bits per heavy atom. The van der Waals surface area contributed by atoms with Crippen molar-refractivity contribution >= 4 is 11.5 Å². The van der Waals surface area contributed by atoms with Gasteiger partial charge in [-0.15, -0.1) is 0 Å². The van der Waals surface area contributed by atoms with Gasteiger partial charge >= 0.3 is 0 Å². The van der Waals surface area contributed by atoms with Gasteiger partial charge in [-0.25, -0.2) is 4.98 Å². The molecule has 0 spiro atoms. The minimum absolute atomic E-state index is 0.530. The summed E-state index contributed by atoms with van der Waals surface area (Å²) in [5.74, 6) is 1.87. The van der Waals surface area contributed by atoms with Crippen LogP contribution in [0.1, 0.15) is 23.7 Å². The minimum Gasteiger partial charge on any atom is -0.324 e. The van der Waals surface area contributed by atoms with E-state index in [-0.39, 0.29) is 0 Å². The monoisotopic (exact) mass is 169 g/mol. The zero-order valence-electron chi connectivity index (χ0n) is 6.29. The Labute approximate surface area is 69.8 Å². The van der Waals surface area contributed by atoms with Gasteiger partial charge in [-0.1, -0.05) is 0 Å². The van der Waals surface area contributed by atoms with Crippen molar-refractivity contribution in [2.45, 2.75) is 25.8 Å². The summed E-state index contributed by atoms with van der Waals surface area (Å²) < 4.78 is 4.22. The highest BCUT2D eigenvalue weighted by atomic mass is 32.1. The van der Waals surface area contributed by atoms with Crippen LogP contribution in [0.3, 0.4) is 0 Å².